The Hall–Kier alpha value is -0.910. The summed E-state index contributed by atoms with van der Waals surface area (Å²) in [6.45, 7) is 5.62. The van der Waals surface area contributed by atoms with E-state index in [4.69, 9.17) is 0 Å². The molecular weight excluding hydrogens is 344 g/mol. The van der Waals surface area contributed by atoms with Gasteiger partial charge in [0, 0.05) is 25.7 Å². The smallest absolute Gasteiger partial charge is 0.243 e. The maximum Gasteiger partial charge on any atom is 0.243 e. The fraction of sp³-hybridized carbons (Fsp3) is 0.714. The average molecular weight is 377 g/mol. The van der Waals surface area contributed by atoms with Gasteiger partial charge in [0.1, 0.15) is 0 Å². The molecule has 1 aromatic carbocycles. The van der Waals surface area contributed by atoms with Crippen LogP contribution < -0.4 is 5.32 Å². The summed E-state index contributed by atoms with van der Waals surface area (Å²) in [5, 5.41) is 3.79. The van der Waals surface area contributed by atoms with Crippen LogP contribution in [0.3, 0.4) is 0 Å². The predicted molar refractivity (Wildman–Crippen MR) is 104 cm³/mol. The van der Waals surface area contributed by atoms with Gasteiger partial charge in [-0.15, -0.1) is 0 Å². The summed E-state index contributed by atoms with van der Waals surface area (Å²) in [7, 11) is -3.35. The van der Waals surface area contributed by atoms with Crippen molar-refractivity contribution in [3.63, 3.8) is 0 Å². The topological polar surface area (TPSA) is 49.4 Å². The molecule has 1 N–H and O–H groups in total. The lowest BCUT2D eigenvalue weighted by Gasteiger charge is -2.32. The second-order valence-corrected chi connectivity index (χ2v) is 10.3. The molecule has 3 saturated carbocycles. The Kier molecular flexibility index (Phi) is 5.15. The summed E-state index contributed by atoms with van der Waals surface area (Å²) >= 11 is 0. The number of nitrogens with zero attached hydrogens (tertiary/aromatic N) is 1. The fourth-order valence-corrected chi connectivity index (χ4v) is 7.50. The Labute approximate surface area is 158 Å². The first-order chi connectivity index (χ1) is 12.5. The first kappa shape index (κ1) is 18.5. The van der Waals surface area contributed by atoms with Crippen molar-refractivity contribution in [3.05, 3.63) is 29.8 Å². The highest BCUT2D eigenvalue weighted by atomic mass is 32.2. The standard InChI is InChI=1S/C21H32N2O2S/c1-3-23(4-2)26(24,25)17-10-8-15(9-11-17)14-22-21-13-16-12-20(21)19-7-5-6-18(16)19/h8-11,16,18-22H,3-7,12-14H2,1-2H3/t16-,18-,19+,20-,21+/m1/s1. The average Bonchev–Trinajstić information content (AvgIpc) is 3.34. The molecule has 3 fully saturated rings. The minimum Gasteiger partial charge on any atom is -0.310 e. The van der Waals surface area contributed by atoms with Gasteiger partial charge in [0.25, 0.3) is 0 Å². The minimum absolute atomic E-state index is 0.402. The van der Waals surface area contributed by atoms with Crippen molar-refractivity contribution in [2.45, 2.75) is 63.4 Å². The summed E-state index contributed by atoms with van der Waals surface area (Å²) < 4.78 is 26.7. The molecule has 0 spiro atoms. The van der Waals surface area contributed by atoms with E-state index in [9.17, 15) is 8.42 Å². The summed E-state index contributed by atoms with van der Waals surface area (Å²) in [5.74, 6) is 3.86. The van der Waals surface area contributed by atoms with E-state index in [-0.39, 0.29) is 0 Å². The third-order valence-electron chi connectivity index (χ3n) is 7.26. The molecule has 5 atom stereocenters. The molecule has 4 rings (SSSR count). The van der Waals surface area contributed by atoms with Gasteiger partial charge < -0.3 is 5.32 Å². The second kappa shape index (κ2) is 7.25. The second-order valence-electron chi connectivity index (χ2n) is 8.37. The number of nitrogens with one attached hydrogen (secondary N) is 1. The van der Waals surface area contributed by atoms with Crippen LogP contribution in [0.4, 0.5) is 0 Å². The van der Waals surface area contributed by atoms with Crippen LogP contribution in [0.5, 0.6) is 0 Å². The molecule has 5 heteroatoms. The van der Waals surface area contributed by atoms with E-state index in [2.05, 4.69) is 5.32 Å². The van der Waals surface area contributed by atoms with E-state index in [1.807, 2.05) is 26.0 Å². The van der Waals surface area contributed by atoms with Gasteiger partial charge in [-0.3, -0.25) is 0 Å². The van der Waals surface area contributed by atoms with Gasteiger partial charge in [0.05, 0.1) is 4.90 Å². The lowest BCUT2D eigenvalue weighted by molar-refractivity contribution is 0.208. The Balaban J connectivity index is 1.37. The van der Waals surface area contributed by atoms with E-state index < -0.39 is 10.0 Å². The molecule has 0 heterocycles. The zero-order valence-corrected chi connectivity index (χ0v) is 16.8. The van der Waals surface area contributed by atoms with Crippen LogP contribution in [0.1, 0.15) is 51.5 Å². The monoisotopic (exact) mass is 376 g/mol. The van der Waals surface area contributed by atoms with E-state index in [1.54, 1.807) is 12.1 Å². The fourth-order valence-electron chi connectivity index (χ4n) is 6.04. The number of fused-ring (bicyclic) bond motifs is 5. The van der Waals surface area contributed by atoms with Crippen LogP contribution in [0.2, 0.25) is 0 Å². The Morgan fingerprint density at radius 3 is 2.38 bits per heavy atom. The van der Waals surface area contributed by atoms with E-state index in [0.29, 0.717) is 24.0 Å². The van der Waals surface area contributed by atoms with Crippen molar-refractivity contribution in [2.24, 2.45) is 23.7 Å². The molecule has 0 amide bonds. The van der Waals surface area contributed by atoms with Gasteiger partial charge in [0.2, 0.25) is 10.0 Å². The van der Waals surface area contributed by atoms with Gasteiger partial charge in [0.15, 0.2) is 0 Å². The zero-order chi connectivity index (χ0) is 18.3. The van der Waals surface area contributed by atoms with Crippen molar-refractivity contribution < 1.29 is 8.42 Å². The predicted octanol–water partition coefficient (Wildman–Crippen LogP) is 3.63. The third-order valence-corrected chi connectivity index (χ3v) is 9.33. The molecular formula is C21H32N2O2S. The van der Waals surface area contributed by atoms with Gasteiger partial charge >= 0.3 is 0 Å². The summed E-state index contributed by atoms with van der Waals surface area (Å²) in [5.41, 5.74) is 1.18. The molecule has 26 heavy (non-hydrogen) atoms. The van der Waals surface area contributed by atoms with Crippen molar-refractivity contribution in [1.29, 1.82) is 0 Å². The molecule has 1 aromatic rings. The molecule has 4 nitrogen and oxygen atoms in total. The molecule has 0 radical (unpaired) electrons. The Morgan fingerprint density at radius 1 is 1.00 bits per heavy atom. The number of hydrogen-bond donors (Lipinski definition) is 1. The van der Waals surface area contributed by atoms with Gasteiger partial charge in [-0.05, 0) is 67.1 Å². The van der Waals surface area contributed by atoms with Crippen LogP contribution >= 0.6 is 0 Å². The first-order valence-electron chi connectivity index (χ1n) is 10.4. The third kappa shape index (κ3) is 3.12. The van der Waals surface area contributed by atoms with Gasteiger partial charge in [-0.2, -0.15) is 4.31 Å². The molecule has 0 aromatic heterocycles. The zero-order valence-electron chi connectivity index (χ0n) is 16.0. The normalized spacial score (nSPS) is 33.1. The molecule has 0 saturated heterocycles. The molecule has 0 unspecified atom stereocenters. The molecule has 3 aliphatic rings. The van der Waals surface area contributed by atoms with Gasteiger partial charge in [-0.1, -0.05) is 32.4 Å². The van der Waals surface area contributed by atoms with Crippen molar-refractivity contribution in [1.82, 2.24) is 9.62 Å². The Bertz CT molecular complexity index is 727. The summed E-state index contributed by atoms with van der Waals surface area (Å²) in [6, 6.07) is 8.12. The summed E-state index contributed by atoms with van der Waals surface area (Å²) in [4.78, 5) is 0.402. The number of benzene rings is 1. The van der Waals surface area contributed by atoms with E-state index in [1.165, 1.54) is 42.0 Å². The lowest BCUT2D eigenvalue weighted by Crippen LogP contribution is -2.38. The van der Waals surface area contributed by atoms with Crippen LogP contribution in [0.15, 0.2) is 29.2 Å². The highest BCUT2D eigenvalue weighted by molar-refractivity contribution is 7.89. The van der Waals surface area contributed by atoms with Crippen molar-refractivity contribution >= 4 is 10.0 Å². The van der Waals surface area contributed by atoms with E-state index >= 15 is 0 Å². The maximum atomic E-state index is 12.6. The van der Waals surface area contributed by atoms with Crippen LogP contribution in [0, 0.1) is 23.7 Å². The van der Waals surface area contributed by atoms with Crippen LogP contribution in [-0.2, 0) is 16.6 Å². The molecule has 144 valence electrons. The first-order valence-corrected chi connectivity index (χ1v) is 11.8. The van der Waals surface area contributed by atoms with Crippen molar-refractivity contribution in [3.8, 4) is 0 Å². The Morgan fingerprint density at radius 2 is 1.69 bits per heavy atom. The highest BCUT2D eigenvalue weighted by Gasteiger charge is 2.53. The molecule has 3 aliphatic carbocycles. The lowest BCUT2D eigenvalue weighted by atomic mass is 9.79. The SMILES string of the molecule is CCN(CC)S(=O)(=O)c1ccc(CN[C@H]2C[C@H]3C[C@@H]2[C@H]2CCC[C@H]32)cc1. The number of rotatable bonds is 7. The molecule has 2 bridgehead atoms. The van der Waals surface area contributed by atoms with Crippen LogP contribution in [0.25, 0.3) is 0 Å². The maximum absolute atomic E-state index is 12.6. The van der Waals surface area contributed by atoms with Crippen molar-refractivity contribution in [2.75, 3.05) is 13.1 Å². The highest BCUT2D eigenvalue weighted by Crippen LogP contribution is 2.58. The number of sulfonamides is 1. The van der Waals surface area contributed by atoms with Crippen LogP contribution in [-0.4, -0.2) is 31.9 Å². The largest absolute Gasteiger partial charge is 0.310 e. The van der Waals surface area contributed by atoms with Gasteiger partial charge in [-0.25, -0.2) is 8.42 Å². The molecule has 0 aliphatic heterocycles. The number of hydrogen-bond acceptors (Lipinski definition) is 3. The quantitative estimate of drug-likeness (QED) is 0.790. The summed E-state index contributed by atoms with van der Waals surface area (Å²) in [6.07, 6.45) is 7.15. The minimum atomic E-state index is -3.35. The van der Waals surface area contributed by atoms with E-state index in [0.717, 1.165) is 30.2 Å².